The van der Waals surface area contributed by atoms with Gasteiger partial charge in [0.05, 0.1) is 13.1 Å². The van der Waals surface area contributed by atoms with Gasteiger partial charge in [-0.05, 0) is 31.5 Å². The van der Waals surface area contributed by atoms with Gasteiger partial charge in [0.15, 0.2) is 12.6 Å². The van der Waals surface area contributed by atoms with Gasteiger partial charge in [-0.1, -0.05) is 12.1 Å². The van der Waals surface area contributed by atoms with E-state index in [2.05, 4.69) is 31.0 Å². The van der Waals surface area contributed by atoms with Crippen LogP contribution in [0, 0.1) is 0 Å². The van der Waals surface area contributed by atoms with Gasteiger partial charge in [-0.2, -0.15) is 5.10 Å². The van der Waals surface area contributed by atoms with Crippen LogP contribution in [0.15, 0.2) is 35.6 Å². The molecule has 0 fully saturated rings. The molecule has 0 saturated carbocycles. The van der Waals surface area contributed by atoms with Crippen molar-refractivity contribution >= 4 is 11.9 Å². The summed E-state index contributed by atoms with van der Waals surface area (Å²) in [5, 5.41) is 13.2. The molecular formula is C18H27N7O2. The van der Waals surface area contributed by atoms with E-state index in [1.807, 2.05) is 45.2 Å². The highest BCUT2D eigenvalue weighted by Gasteiger charge is 2.04. The molecule has 1 heterocycles. The number of ether oxygens (including phenoxy) is 1. The number of aliphatic imine (C=N–C) groups is 1. The van der Waals surface area contributed by atoms with Gasteiger partial charge in [-0.15, -0.1) is 0 Å². The van der Waals surface area contributed by atoms with Crippen LogP contribution in [0.25, 0.3) is 0 Å². The zero-order valence-electron chi connectivity index (χ0n) is 16.0. The molecular weight excluding hydrogens is 346 g/mol. The minimum Gasteiger partial charge on any atom is -0.484 e. The number of aromatic nitrogens is 3. The third kappa shape index (κ3) is 6.96. The molecule has 0 aliphatic heterocycles. The van der Waals surface area contributed by atoms with E-state index < -0.39 is 0 Å². The number of guanidine groups is 1. The summed E-state index contributed by atoms with van der Waals surface area (Å²) < 4.78 is 7.23. The summed E-state index contributed by atoms with van der Waals surface area (Å²) in [6.07, 6.45) is 1.52. The molecule has 0 unspecified atom stereocenters. The summed E-state index contributed by atoms with van der Waals surface area (Å²) in [6.45, 7) is 6.23. The van der Waals surface area contributed by atoms with Gasteiger partial charge < -0.3 is 20.7 Å². The fourth-order valence-corrected chi connectivity index (χ4v) is 2.29. The normalized spacial score (nSPS) is 11.1. The summed E-state index contributed by atoms with van der Waals surface area (Å²) in [7, 11) is 1.85. The van der Waals surface area contributed by atoms with Gasteiger partial charge >= 0.3 is 0 Å². The lowest BCUT2D eigenvalue weighted by atomic mass is 10.2. The van der Waals surface area contributed by atoms with Crippen LogP contribution in [0.4, 0.5) is 0 Å². The standard InChI is InChI=1S/C18H27N7O2/c1-4-19-17(26)12-27-15-8-6-7-14(9-15)10-21-18(20-5-2)22-11-16-23-13-24-25(16)3/h6-9,13H,4-5,10-12H2,1-3H3,(H,19,26)(H2,20,21,22). The predicted octanol–water partition coefficient (Wildman–Crippen LogP) is 0.585. The van der Waals surface area contributed by atoms with Gasteiger partial charge in [-0.3, -0.25) is 9.48 Å². The molecule has 0 aliphatic carbocycles. The van der Waals surface area contributed by atoms with Crippen LogP contribution in [0.5, 0.6) is 5.75 Å². The first-order valence-electron chi connectivity index (χ1n) is 8.95. The number of benzene rings is 1. The van der Waals surface area contributed by atoms with Crippen molar-refractivity contribution in [2.75, 3.05) is 19.7 Å². The van der Waals surface area contributed by atoms with Crippen LogP contribution in [0.1, 0.15) is 25.2 Å². The lowest BCUT2D eigenvalue weighted by Gasteiger charge is -2.11. The van der Waals surface area contributed by atoms with Crippen molar-refractivity contribution in [1.29, 1.82) is 0 Å². The highest BCUT2D eigenvalue weighted by atomic mass is 16.5. The Bertz CT molecular complexity index is 758. The number of hydrogen-bond donors (Lipinski definition) is 3. The Hall–Kier alpha value is -3.10. The first-order chi connectivity index (χ1) is 13.1. The lowest BCUT2D eigenvalue weighted by Crippen LogP contribution is -2.37. The molecule has 1 aromatic heterocycles. The molecule has 27 heavy (non-hydrogen) atoms. The Morgan fingerprint density at radius 1 is 1.22 bits per heavy atom. The predicted molar refractivity (Wildman–Crippen MR) is 103 cm³/mol. The molecule has 3 N–H and O–H groups in total. The number of aryl methyl sites for hydroxylation is 1. The van der Waals surface area contributed by atoms with E-state index in [0.717, 1.165) is 17.9 Å². The van der Waals surface area contributed by atoms with E-state index in [4.69, 9.17) is 4.74 Å². The number of hydrogen-bond acceptors (Lipinski definition) is 5. The second kappa shape index (κ2) is 10.8. The quantitative estimate of drug-likeness (QED) is 0.439. The topological polar surface area (TPSA) is 105 Å². The molecule has 0 spiro atoms. The number of amides is 1. The van der Waals surface area contributed by atoms with Gasteiger partial charge in [0.2, 0.25) is 0 Å². The van der Waals surface area contributed by atoms with Gasteiger partial charge in [0, 0.05) is 20.1 Å². The molecule has 1 amide bonds. The molecule has 2 aromatic rings. The minimum atomic E-state index is -0.136. The Kier molecular flexibility index (Phi) is 8.08. The van der Waals surface area contributed by atoms with E-state index in [1.165, 1.54) is 6.33 Å². The molecule has 0 aliphatic rings. The third-order valence-electron chi connectivity index (χ3n) is 3.63. The molecule has 0 bridgehead atoms. The zero-order valence-corrected chi connectivity index (χ0v) is 16.0. The zero-order chi connectivity index (χ0) is 19.5. The summed E-state index contributed by atoms with van der Waals surface area (Å²) in [4.78, 5) is 20.3. The first-order valence-corrected chi connectivity index (χ1v) is 8.95. The van der Waals surface area contributed by atoms with E-state index in [-0.39, 0.29) is 12.5 Å². The van der Waals surface area contributed by atoms with Crippen molar-refractivity contribution in [2.45, 2.75) is 26.9 Å². The summed E-state index contributed by atoms with van der Waals surface area (Å²) in [5.74, 6) is 2.02. The van der Waals surface area contributed by atoms with E-state index >= 15 is 0 Å². The largest absolute Gasteiger partial charge is 0.484 e. The van der Waals surface area contributed by atoms with Crippen LogP contribution >= 0.6 is 0 Å². The average molecular weight is 373 g/mol. The van der Waals surface area contributed by atoms with E-state index in [1.54, 1.807) is 4.68 Å². The van der Waals surface area contributed by atoms with Crippen LogP contribution in [0.3, 0.4) is 0 Å². The number of carbonyl (C=O) groups is 1. The van der Waals surface area contributed by atoms with Crippen LogP contribution in [-0.4, -0.2) is 46.3 Å². The Labute approximate surface area is 159 Å². The SMILES string of the molecule is CCNC(=O)COc1cccc(CN=C(NCC)NCc2ncnn2C)c1. The highest BCUT2D eigenvalue weighted by molar-refractivity contribution is 5.79. The van der Waals surface area contributed by atoms with Crippen molar-refractivity contribution in [3.05, 3.63) is 42.0 Å². The molecule has 0 atom stereocenters. The fourth-order valence-electron chi connectivity index (χ4n) is 2.29. The molecule has 9 nitrogen and oxygen atoms in total. The Morgan fingerprint density at radius 2 is 2.04 bits per heavy atom. The maximum absolute atomic E-state index is 11.5. The van der Waals surface area contributed by atoms with Crippen molar-refractivity contribution in [2.24, 2.45) is 12.0 Å². The molecule has 0 saturated heterocycles. The van der Waals surface area contributed by atoms with Gasteiger partial charge in [0.25, 0.3) is 5.91 Å². The third-order valence-corrected chi connectivity index (χ3v) is 3.63. The van der Waals surface area contributed by atoms with Gasteiger partial charge in [-0.25, -0.2) is 9.98 Å². The van der Waals surface area contributed by atoms with E-state index in [0.29, 0.717) is 31.3 Å². The van der Waals surface area contributed by atoms with Crippen molar-refractivity contribution in [3.8, 4) is 5.75 Å². The maximum Gasteiger partial charge on any atom is 0.257 e. The second-order valence-electron chi connectivity index (χ2n) is 5.74. The number of nitrogens with zero attached hydrogens (tertiary/aromatic N) is 4. The summed E-state index contributed by atoms with van der Waals surface area (Å²) in [5.41, 5.74) is 0.985. The Morgan fingerprint density at radius 3 is 2.74 bits per heavy atom. The van der Waals surface area contributed by atoms with Crippen LogP contribution < -0.4 is 20.7 Å². The summed E-state index contributed by atoms with van der Waals surface area (Å²) >= 11 is 0. The van der Waals surface area contributed by atoms with Crippen molar-refractivity contribution in [1.82, 2.24) is 30.7 Å². The van der Waals surface area contributed by atoms with Gasteiger partial charge in [0.1, 0.15) is 17.9 Å². The smallest absolute Gasteiger partial charge is 0.257 e. The first kappa shape index (κ1) is 20.2. The number of likely N-dealkylation sites (N-methyl/N-ethyl adjacent to an activating group) is 1. The van der Waals surface area contributed by atoms with Crippen molar-refractivity contribution in [3.63, 3.8) is 0 Å². The second-order valence-corrected chi connectivity index (χ2v) is 5.74. The average Bonchev–Trinajstić information content (AvgIpc) is 3.08. The Balaban J connectivity index is 1.93. The molecule has 2 rings (SSSR count). The molecule has 1 aromatic carbocycles. The molecule has 146 valence electrons. The lowest BCUT2D eigenvalue weighted by molar-refractivity contribution is -0.122. The van der Waals surface area contributed by atoms with E-state index in [9.17, 15) is 4.79 Å². The highest BCUT2D eigenvalue weighted by Crippen LogP contribution is 2.14. The summed E-state index contributed by atoms with van der Waals surface area (Å²) in [6, 6.07) is 7.56. The van der Waals surface area contributed by atoms with Crippen LogP contribution in [-0.2, 0) is 24.9 Å². The fraction of sp³-hybridized carbons (Fsp3) is 0.444. The minimum absolute atomic E-state index is 0.00244. The van der Waals surface area contributed by atoms with Crippen molar-refractivity contribution < 1.29 is 9.53 Å². The number of nitrogens with one attached hydrogen (secondary N) is 3. The van der Waals surface area contributed by atoms with Crippen LogP contribution in [0.2, 0.25) is 0 Å². The molecule has 9 heteroatoms. The maximum atomic E-state index is 11.5. The molecule has 0 radical (unpaired) electrons. The monoisotopic (exact) mass is 373 g/mol. The number of rotatable bonds is 9. The number of carbonyl (C=O) groups excluding carboxylic acids is 1.